The number of rotatable bonds is 2. The van der Waals surface area contributed by atoms with Crippen molar-refractivity contribution in [2.75, 3.05) is 6.54 Å². The Morgan fingerprint density at radius 3 is 3.11 bits per heavy atom. The maximum Gasteiger partial charge on any atom is 0.317 e. The smallest absolute Gasteiger partial charge is 0.317 e. The normalized spacial score (nSPS) is 18.7. The van der Waals surface area contributed by atoms with Crippen LogP contribution >= 0.6 is 0 Å². The first-order chi connectivity index (χ1) is 9.20. The molecule has 0 aromatic heterocycles. The summed E-state index contributed by atoms with van der Waals surface area (Å²) in [7, 11) is 0. The third-order valence-corrected chi connectivity index (χ3v) is 3.56. The molecule has 1 unspecified atom stereocenters. The lowest BCUT2D eigenvalue weighted by Gasteiger charge is -2.33. The van der Waals surface area contributed by atoms with E-state index in [9.17, 15) is 4.79 Å². The first kappa shape index (κ1) is 13.4. The molecule has 0 bridgehead atoms. The number of benzene rings is 1. The highest BCUT2D eigenvalue weighted by Crippen LogP contribution is 2.16. The fourth-order valence-electron chi connectivity index (χ4n) is 2.43. The third kappa shape index (κ3) is 3.47. The van der Waals surface area contributed by atoms with Crippen molar-refractivity contribution in [1.82, 2.24) is 10.2 Å². The molecule has 0 radical (unpaired) electrons. The fourth-order valence-corrected chi connectivity index (χ4v) is 2.43. The molecule has 0 aliphatic carbocycles. The van der Waals surface area contributed by atoms with Gasteiger partial charge in [-0.1, -0.05) is 12.1 Å². The number of hydrogen-bond donors (Lipinski definition) is 1. The Kier molecular flexibility index (Phi) is 4.40. The van der Waals surface area contributed by atoms with E-state index in [4.69, 9.17) is 5.26 Å². The molecule has 1 atom stereocenters. The second-order valence-electron chi connectivity index (χ2n) is 5.01. The van der Waals surface area contributed by atoms with Crippen LogP contribution < -0.4 is 5.32 Å². The zero-order chi connectivity index (χ0) is 13.7. The van der Waals surface area contributed by atoms with Crippen molar-refractivity contribution < 1.29 is 4.79 Å². The number of urea groups is 1. The first-order valence-corrected chi connectivity index (χ1v) is 6.74. The highest BCUT2D eigenvalue weighted by atomic mass is 16.2. The Hall–Kier alpha value is -2.02. The zero-order valence-electron chi connectivity index (χ0n) is 11.2. The minimum Gasteiger partial charge on any atom is -0.334 e. The predicted molar refractivity (Wildman–Crippen MR) is 73.4 cm³/mol. The number of amides is 2. The molecule has 100 valence electrons. The van der Waals surface area contributed by atoms with Crippen molar-refractivity contribution in [3.8, 4) is 6.07 Å². The number of nitrogens with one attached hydrogen (secondary N) is 1. The molecular weight excluding hydrogens is 238 g/mol. The monoisotopic (exact) mass is 257 g/mol. The van der Waals surface area contributed by atoms with Gasteiger partial charge in [-0.2, -0.15) is 5.26 Å². The molecule has 1 fully saturated rings. The van der Waals surface area contributed by atoms with Crippen LogP contribution in [0.1, 0.15) is 37.3 Å². The molecular formula is C15H19N3O. The molecule has 0 saturated carbocycles. The minimum atomic E-state index is -0.00504. The summed E-state index contributed by atoms with van der Waals surface area (Å²) in [5.74, 6) is 0. The molecule has 2 amide bonds. The number of likely N-dealkylation sites (tertiary alicyclic amines) is 1. The molecule has 1 aromatic carbocycles. The highest BCUT2D eigenvalue weighted by Gasteiger charge is 2.22. The molecule has 1 N–H and O–H groups in total. The van der Waals surface area contributed by atoms with Crippen molar-refractivity contribution in [2.45, 2.75) is 38.8 Å². The Bertz CT molecular complexity index is 492. The lowest BCUT2D eigenvalue weighted by Crippen LogP contribution is -2.47. The molecule has 4 heteroatoms. The van der Waals surface area contributed by atoms with E-state index in [2.05, 4.69) is 18.3 Å². The van der Waals surface area contributed by atoms with Gasteiger partial charge in [-0.15, -0.1) is 0 Å². The second-order valence-corrected chi connectivity index (χ2v) is 5.01. The van der Waals surface area contributed by atoms with Crippen LogP contribution in [0.25, 0.3) is 0 Å². The Morgan fingerprint density at radius 2 is 2.37 bits per heavy atom. The van der Waals surface area contributed by atoms with E-state index in [1.165, 1.54) is 6.42 Å². The number of carbonyl (C=O) groups excluding carboxylic acids is 1. The van der Waals surface area contributed by atoms with Crippen LogP contribution in [-0.2, 0) is 6.54 Å². The van der Waals surface area contributed by atoms with E-state index in [1.807, 2.05) is 17.0 Å². The van der Waals surface area contributed by atoms with Gasteiger partial charge in [-0.3, -0.25) is 0 Å². The van der Waals surface area contributed by atoms with Gasteiger partial charge in [0.2, 0.25) is 0 Å². The summed E-state index contributed by atoms with van der Waals surface area (Å²) in [6.45, 7) is 3.40. The van der Waals surface area contributed by atoms with Crippen LogP contribution in [0.5, 0.6) is 0 Å². The van der Waals surface area contributed by atoms with Crippen LogP contribution in [0.4, 0.5) is 4.79 Å². The van der Waals surface area contributed by atoms with E-state index < -0.39 is 0 Å². The van der Waals surface area contributed by atoms with Gasteiger partial charge in [0.05, 0.1) is 11.6 Å². The van der Waals surface area contributed by atoms with Crippen LogP contribution in [0.3, 0.4) is 0 Å². The average Bonchev–Trinajstić information content (AvgIpc) is 2.45. The van der Waals surface area contributed by atoms with Crippen molar-refractivity contribution in [2.24, 2.45) is 0 Å². The number of nitrogens with zero attached hydrogens (tertiary/aromatic N) is 2. The van der Waals surface area contributed by atoms with Gasteiger partial charge in [-0.05, 0) is 43.9 Å². The summed E-state index contributed by atoms with van der Waals surface area (Å²) in [4.78, 5) is 14.0. The number of hydrogen-bond acceptors (Lipinski definition) is 2. The molecule has 1 aliphatic heterocycles. The van der Waals surface area contributed by atoms with Crippen molar-refractivity contribution in [1.29, 1.82) is 5.26 Å². The van der Waals surface area contributed by atoms with E-state index in [0.717, 1.165) is 24.9 Å². The van der Waals surface area contributed by atoms with Crippen molar-refractivity contribution in [3.05, 3.63) is 35.4 Å². The molecule has 2 rings (SSSR count). The summed E-state index contributed by atoms with van der Waals surface area (Å²) in [6.07, 6.45) is 3.37. The minimum absolute atomic E-state index is 0.00504. The van der Waals surface area contributed by atoms with Crippen LogP contribution in [-0.4, -0.2) is 23.5 Å². The molecule has 0 spiro atoms. The number of carbonyl (C=O) groups is 1. The predicted octanol–water partition coefficient (Wildman–Crippen LogP) is 2.64. The molecule has 1 aromatic rings. The van der Waals surface area contributed by atoms with E-state index in [0.29, 0.717) is 18.2 Å². The molecule has 19 heavy (non-hydrogen) atoms. The maximum absolute atomic E-state index is 12.1. The molecule has 1 heterocycles. The van der Waals surface area contributed by atoms with E-state index in [-0.39, 0.29) is 6.03 Å². The highest BCUT2D eigenvalue weighted by molar-refractivity contribution is 5.74. The standard InChI is InChI=1S/C15H19N3O/c1-12-5-2-3-8-18(12)15(19)17-11-14-7-4-6-13(9-14)10-16/h4,6-7,9,12H,2-3,5,8,11H2,1H3,(H,17,19). The lowest BCUT2D eigenvalue weighted by molar-refractivity contribution is 0.158. The van der Waals surface area contributed by atoms with Crippen LogP contribution in [0.2, 0.25) is 0 Å². The second kappa shape index (κ2) is 6.24. The summed E-state index contributed by atoms with van der Waals surface area (Å²) < 4.78 is 0. The van der Waals surface area contributed by atoms with Gasteiger partial charge in [0.1, 0.15) is 0 Å². The van der Waals surface area contributed by atoms with Gasteiger partial charge < -0.3 is 10.2 Å². The van der Waals surface area contributed by atoms with Gasteiger partial charge in [0.25, 0.3) is 0 Å². The van der Waals surface area contributed by atoms with Gasteiger partial charge >= 0.3 is 6.03 Å². The summed E-state index contributed by atoms with van der Waals surface area (Å²) in [6, 6.07) is 9.74. The zero-order valence-corrected chi connectivity index (χ0v) is 11.2. The van der Waals surface area contributed by atoms with Crippen molar-refractivity contribution >= 4 is 6.03 Å². The number of piperidine rings is 1. The van der Waals surface area contributed by atoms with Gasteiger partial charge in [0.15, 0.2) is 0 Å². The Labute approximate surface area is 114 Å². The molecule has 1 aliphatic rings. The topological polar surface area (TPSA) is 56.1 Å². The molecule has 4 nitrogen and oxygen atoms in total. The first-order valence-electron chi connectivity index (χ1n) is 6.74. The average molecular weight is 257 g/mol. The largest absolute Gasteiger partial charge is 0.334 e. The maximum atomic E-state index is 12.1. The molecule has 1 saturated heterocycles. The van der Waals surface area contributed by atoms with E-state index in [1.54, 1.807) is 12.1 Å². The summed E-state index contributed by atoms with van der Waals surface area (Å²) in [5, 5.41) is 11.8. The quantitative estimate of drug-likeness (QED) is 0.885. The Balaban J connectivity index is 1.91. The van der Waals surface area contributed by atoms with Gasteiger partial charge in [-0.25, -0.2) is 4.79 Å². The fraction of sp³-hybridized carbons (Fsp3) is 0.467. The Morgan fingerprint density at radius 1 is 1.53 bits per heavy atom. The van der Waals surface area contributed by atoms with Crippen LogP contribution in [0.15, 0.2) is 24.3 Å². The lowest BCUT2D eigenvalue weighted by atomic mass is 10.0. The van der Waals surface area contributed by atoms with Crippen molar-refractivity contribution in [3.63, 3.8) is 0 Å². The van der Waals surface area contributed by atoms with Gasteiger partial charge in [0, 0.05) is 19.1 Å². The van der Waals surface area contributed by atoms with E-state index >= 15 is 0 Å². The SMILES string of the molecule is CC1CCCCN1C(=O)NCc1cccc(C#N)c1. The van der Waals surface area contributed by atoms with Crippen LogP contribution in [0, 0.1) is 11.3 Å². The third-order valence-electron chi connectivity index (χ3n) is 3.56. The summed E-state index contributed by atoms with van der Waals surface area (Å²) in [5.41, 5.74) is 1.58. The number of nitriles is 1. The summed E-state index contributed by atoms with van der Waals surface area (Å²) >= 11 is 0.